The fourth-order valence-electron chi connectivity index (χ4n) is 2.90. The monoisotopic (exact) mass is 359 g/mol. The van der Waals surface area contributed by atoms with E-state index in [1.54, 1.807) is 18.4 Å². The first-order valence-corrected chi connectivity index (χ1v) is 9.13. The number of likely N-dealkylation sites (N-methyl/N-ethyl adjacent to an activating group) is 1. The number of hydrogen-bond donors (Lipinski definition) is 1. The molecule has 1 aromatic carbocycles. The van der Waals surface area contributed by atoms with E-state index in [2.05, 4.69) is 46.5 Å². The van der Waals surface area contributed by atoms with E-state index in [0.29, 0.717) is 0 Å². The molecule has 3 rings (SSSR count). The van der Waals surface area contributed by atoms with Gasteiger partial charge in [0.15, 0.2) is 0 Å². The largest absolute Gasteiger partial charge is 0.497 e. The third kappa shape index (κ3) is 4.00. The summed E-state index contributed by atoms with van der Waals surface area (Å²) in [5.74, 6) is 0.874. The van der Waals surface area contributed by atoms with Crippen LogP contribution in [0.1, 0.15) is 28.0 Å². The summed E-state index contributed by atoms with van der Waals surface area (Å²) in [5.41, 5.74) is 3.39. The molecule has 0 aliphatic carbocycles. The standard InChI is InChI=1S/C18H25N5OS/c1-12-17(23-18(20-12)25-13(2)21-23)10-19-16(11-22(3)4)14-6-8-15(24-5)9-7-14/h6-9,16,19H,10-11H2,1-5H3. The van der Waals surface area contributed by atoms with E-state index in [4.69, 9.17) is 4.74 Å². The molecule has 0 aliphatic heterocycles. The molecule has 0 bridgehead atoms. The Bertz CT molecular complexity index is 837. The van der Waals surface area contributed by atoms with E-state index in [1.165, 1.54) is 5.56 Å². The molecule has 25 heavy (non-hydrogen) atoms. The maximum absolute atomic E-state index is 5.27. The Morgan fingerprint density at radius 2 is 1.96 bits per heavy atom. The molecule has 0 saturated carbocycles. The number of nitrogens with one attached hydrogen (secondary N) is 1. The minimum atomic E-state index is 0.214. The summed E-state index contributed by atoms with van der Waals surface area (Å²) in [5, 5.41) is 9.28. The molecule has 1 N–H and O–H groups in total. The lowest BCUT2D eigenvalue weighted by molar-refractivity contribution is 0.339. The number of ether oxygens (including phenoxy) is 1. The second kappa shape index (κ2) is 7.51. The van der Waals surface area contributed by atoms with E-state index < -0.39 is 0 Å². The molecule has 0 spiro atoms. The molecule has 134 valence electrons. The van der Waals surface area contributed by atoms with Gasteiger partial charge in [-0.05, 0) is 45.6 Å². The smallest absolute Gasteiger partial charge is 0.212 e. The molecule has 2 heterocycles. The van der Waals surface area contributed by atoms with Gasteiger partial charge in [0.25, 0.3) is 0 Å². The van der Waals surface area contributed by atoms with E-state index in [1.807, 2.05) is 30.5 Å². The van der Waals surface area contributed by atoms with Crippen molar-refractivity contribution in [3.05, 3.63) is 46.2 Å². The first-order valence-electron chi connectivity index (χ1n) is 8.31. The van der Waals surface area contributed by atoms with Crippen LogP contribution >= 0.6 is 11.3 Å². The Morgan fingerprint density at radius 3 is 2.60 bits per heavy atom. The van der Waals surface area contributed by atoms with Gasteiger partial charge in [0.05, 0.1) is 18.5 Å². The maximum Gasteiger partial charge on any atom is 0.212 e. The van der Waals surface area contributed by atoms with E-state index in [-0.39, 0.29) is 6.04 Å². The molecular weight excluding hydrogens is 334 g/mol. The SMILES string of the molecule is COc1ccc(C(CN(C)C)NCc2c(C)nc3sc(C)nn23)cc1. The predicted octanol–water partition coefficient (Wildman–Crippen LogP) is 2.81. The van der Waals surface area contributed by atoms with E-state index >= 15 is 0 Å². The molecule has 1 unspecified atom stereocenters. The van der Waals surface area contributed by atoms with Gasteiger partial charge in [-0.1, -0.05) is 23.5 Å². The predicted molar refractivity (Wildman–Crippen MR) is 101 cm³/mol. The second-order valence-corrected chi connectivity index (χ2v) is 7.59. The molecule has 0 fully saturated rings. The van der Waals surface area contributed by atoms with Gasteiger partial charge in [-0.15, -0.1) is 0 Å². The topological polar surface area (TPSA) is 54.7 Å². The highest BCUT2D eigenvalue weighted by Gasteiger charge is 2.17. The molecule has 1 atom stereocenters. The van der Waals surface area contributed by atoms with Gasteiger partial charge in [0.1, 0.15) is 10.8 Å². The Morgan fingerprint density at radius 1 is 1.24 bits per heavy atom. The molecule has 2 aromatic heterocycles. The van der Waals surface area contributed by atoms with Crippen LogP contribution in [0.15, 0.2) is 24.3 Å². The summed E-state index contributed by atoms with van der Waals surface area (Å²) in [6, 6.07) is 8.46. The van der Waals surface area contributed by atoms with Crippen molar-refractivity contribution >= 4 is 16.3 Å². The van der Waals surface area contributed by atoms with Gasteiger partial charge >= 0.3 is 0 Å². The van der Waals surface area contributed by atoms with Crippen molar-refractivity contribution in [2.45, 2.75) is 26.4 Å². The van der Waals surface area contributed by atoms with Gasteiger partial charge in [0.2, 0.25) is 4.96 Å². The Labute approximate surface area is 152 Å². The lowest BCUT2D eigenvalue weighted by Crippen LogP contribution is -2.31. The van der Waals surface area contributed by atoms with Crippen molar-refractivity contribution in [2.24, 2.45) is 0 Å². The number of aromatic nitrogens is 3. The second-order valence-electron chi connectivity index (χ2n) is 6.43. The molecule has 0 saturated heterocycles. The number of rotatable bonds is 7. The molecule has 6 nitrogen and oxygen atoms in total. The molecule has 7 heteroatoms. The van der Waals surface area contributed by atoms with Crippen LogP contribution in [0, 0.1) is 13.8 Å². The van der Waals surface area contributed by atoms with Gasteiger partial charge in [-0.3, -0.25) is 0 Å². The number of hydrogen-bond acceptors (Lipinski definition) is 6. The Balaban J connectivity index is 1.80. The quantitative estimate of drug-likeness (QED) is 0.703. The number of nitrogens with zero attached hydrogens (tertiary/aromatic N) is 4. The highest BCUT2D eigenvalue weighted by Crippen LogP contribution is 2.21. The van der Waals surface area contributed by atoms with Crippen molar-refractivity contribution < 1.29 is 4.74 Å². The number of fused-ring (bicyclic) bond motifs is 1. The van der Waals surface area contributed by atoms with E-state index in [0.717, 1.165) is 40.2 Å². The van der Waals surface area contributed by atoms with Crippen LogP contribution in [0.25, 0.3) is 4.96 Å². The van der Waals surface area contributed by atoms with Crippen molar-refractivity contribution in [1.82, 2.24) is 24.8 Å². The first kappa shape index (κ1) is 17.8. The maximum atomic E-state index is 5.27. The van der Waals surface area contributed by atoms with Crippen LogP contribution in [-0.2, 0) is 6.54 Å². The van der Waals surface area contributed by atoms with Gasteiger partial charge < -0.3 is 15.0 Å². The number of imidazole rings is 1. The van der Waals surface area contributed by atoms with Crippen molar-refractivity contribution in [2.75, 3.05) is 27.7 Å². The lowest BCUT2D eigenvalue weighted by atomic mass is 10.1. The van der Waals surface area contributed by atoms with Gasteiger partial charge in [0, 0.05) is 19.1 Å². The van der Waals surface area contributed by atoms with Crippen LogP contribution < -0.4 is 10.1 Å². The molecule has 0 radical (unpaired) electrons. The minimum Gasteiger partial charge on any atom is -0.497 e. The minimum absolute atomic E-state index is 0.214. The molecular formula is C18H25N5OS. The van der Waals surface area contributed by atoms with Gasteiger partial charge in [-0.25, -0.2) is 9.50 Å². The average Bonchev–Trinajstić information content (AvgIpc) is 3.06. The summed E-state index contributed by atoms with van der Waals surface area (Å²) in [7, 11) is 5.86. The molecule has 3 aromatic rings. The van der Waals surface area contributed by atoms with Crippen LogP contribution in [0.5, 0.6) is 5.75 Å². The van der Waals surface area contributed by atoms with Crippen LogP contribution in [0.2, 0.25) is 0 Å². The summed E-state index contributed by atoms with van der Waals surface area (Å²) in [6.45, 7) is 5.68. The third-order valence-corrected chi connectivity index (χ3v) is 5.00. The Kier molecular flexibility index (Phi) is 5.36. The fourth-order valence-corrected chi connectivity index (χ4v) is 3.71. The number of methoxy groups -OCH3 is 1. The van der Waals surface area contributed by atoms with Crippen molar-refractivity contribution in [3.8, 4) is 5.75 Å². The van der Waals surface area contributed by atoms with Crippen molar-refractivity contribution in [3.63, 3.8) is 0 Å². The zero-order chi connectivity index (χ0) is 18.0. The van der Waals surface area contributed by atoms with Crippen LogP contribution in [-0.4, -0.2) is 47.2 Å². The van der Waals surface area contributed by atoms with Crippen molar-refractivity contribution in [1.29, 1.82) is 0 Å². The number of aryl methyl sites for hydroxylation is 2. The highest BCUT2D eigenvalue weighted by atomic mass is 32.1. The molecule has 0 aliphatic rings. The molecule has 0 amide bonds. The Hall–Kier alpha value is -1.96. The summed E-state index contributed by atoms with van der Waals surface area (Å²) < 4.78 is 7.23. The lowest BCUT2D eigenvalue weighted by Gasteiger charge is -2.23. The normalized spacial score (nSPS) is 12.9. The third-order valence-electron chi connectivity index (χ3n) is 4.18. The van der Waals surface area contributed by atoms with Gasteiger partial charge in [-0.2, -0.15) is 5.10 Å². The summed E-state index contributed by atoms with van der Waals surface area (Å²) >= 11 is 1.62. The summed E-state index contributed by atoms with van der Waals surface area (Å²) in [4.78, 5) is 7.77. The van der Waals surface area contributed by atoms with Crippen LogP contribution in [0.3, 0.4) is 0 Å². The summed E-state index contributed by atoms with van der Waals surface area (Å²) in [6.07, 6.45) is 0. The van der Waals surface area contributed by atoms with E-state index in [9.17, 15) is 0 Å². The zero-order valence-electron chi connectivity index (χ0n) is 15.4. The average molecular weight is 359 g/mol. The highest BCUT2D eigenvalue weighted by molar-refractivity contribution is 7.16. The fraction of sp³-hybridized carbons (Fsp3) is 0.444. The number of benzene rings is 1. The van der Waals surface area contributed by atoms with Crippen LogP contribution in [0.4, 0.5) is 0 Å². The zero-order valence-corrected chi connectivity index (χ0v) is 16.2. The first-order chi connectivity index (χ1) is 12.0.